The number of benzene rings is 2. The maximum atomic E-state index is 12.8. The normalized spacial score (nSPS) is 15.8. The fraction of sp³-hybridized carbons (Fsp3) is 0.238. The van der Waals surface area contributed by atoms with Crippen molar-refractivity contribution in [3.63, 3.8) is 0 Å². The van der Waals surface area contributed by atoms with Crippen molar-refractivity contribution in [2.45, 2.75) is 25.8 Å². The molecule has 1 fully saturated rings. The third-order valence-electron chi connectivity index (χ3n) is 4.84. The number of nitrogens with one attached hydrogen (secondary N) is 2. The second-order valence-electron chi connectivity index (χ2n) is 7.05. The third kappa shape index (κ3) is 4.60. The zero-order valence-electron chi connectivity index (χ0n) is 16.3. The van der Waals surface area contributed by atoms with E-state index in [0.717, 1.165) is 18.4 Å². The Bertz CT molecular complexity index is 1050. The van der Waals surface area contributed by atoms with Crippen molar-refractivity contribution in [2.75, 3.05) is 17.2 Å². The van der Waals surface area contributed by atoms with E-state index in [9.17, 15) is 9.59 Å². The van der Waals surface area contributed by atoms with Gasteiger partial charge in [-0.05, 0) is 56.2 Å². The molecule has 1 aromatic heterocycles. The fourth-order valence-corrected chi connectivity index (χ4v) is 4.29. The summed E-state index contributed by atoms with van der Waals surface area (Å²) in [6.45, 7) is 2.60. The van der Waals surface area contributed by atoms with E-state index in [1.165, 1.54) is 11.3 Å². The fourth-order valence-electron chi connectivity index (χ4n) is 3.28. The predicted molar refractivity (Wildman–Crippen MR) is 118 cm³/mol. The highest BCUT2D eigenvalue weighted by Gasteiger charge is 2.33. The summed E-state index contributed by atoms with van der Waals surface area (Å²) < 4.78 is 0. The van der Waals surface area contributed by atoms with Gasteiger partial charge in [-0.1, -0.05) is 40.6 Å². The molecule has 0 aliphatic carbocycles. The van der Waals surface area contributed by atoms with Crippen LogP contribution >= 0.6 is 22.9 Å². The highest BCUT2D eigenvalue weighted by atomic mass is 35.5. The number of anilines is 2. The van der Waals surface area contributed by atoms with Gasteiger partial charge in [-0.25, -0.2) is 4.79 Å². The van der Waals surface area contributed by atoms with Gasteiger partial charge in [-0.2, -0.15) is 0 Å². The van der Waals surface area contributed by atoms with Crippen molar-refractivity contribution in [3.8, 4) is 0 Å². The molecule has 2 heterocycles. The Labute approximate surface area is 183 Å². The molecule has 2 aromatic carbocycles. The predicted octanol–water partition coefficient (Wildman–Crippen LogP) is 5.12. The summed E-state index contributed by atoms with van der Waals surface area (Å²) in [5.41, 5.74) is 2.49. The Morgan fingerprint density at radius 2 is 1.70 bits per heavy atom. The number of hydrogen-bond donors (Lipinski definition) is 2. The molecule has 1 atom stereocenters. The zero-order chi connectivity index (χ0) is 21.1. The summed E-state index contributed by atoms with van der Waals surface area (Å²) in [5, 5.41) is 15.5. The monoisotopic (exact) mass is 441 g/mol. The van der Waals surface area contributed by atoms with Gasteiger partial charge in [0, 0.05) is 22.9 Å². The SMILES string of the molecule is Cc1ccc(NC(=O)c2nnc([C@@H]3CCCN3C(=O)Nc3ccc(Cl)cc3)s2)cc1. The number of likely N-dealkylation sites (tertiary alicyclic amines) is 1. The Balaban J connectivity index is 1.43. The van der Waals surface area contributed by atoms with E-state index in [2.05, 4.69) is 20.8 Å². The van der Waals surface area contributed by atoms with Crippen molar-refractivity contribution in [2.24, 2.45) is 0 Å². The lowest BCUT2D eigenvalue weighted by Crippen LogP contribution is -2.34. The van der Waals surface area contributed by atoms with Gasteiger partial charge in [-0.15, -0.1) is 10.2 Å². The minimum Gasteiger partial charge on any atom is -0.320 e. The van der Waals surface area contributed by atoms with Gasteiger partial charge >= 0.3 is 6.03 Å². The van der Waals surface area contributed by atoms with Gasteiger partial charge in [0.05, 0.1) is 6.04 Å². The number of urea groups is 1. The maximum Gasteiger partial charge on any atom is 0.322 e. The standard InChI is InChI=1S/C21H20ClN5O2S/c1-13-4-8-15(9-5-13)23-18(28)20-26-25-19(30-20)17-3-2-12-27(17)21(29)24-16-10-6-14(22)7-11-16/h4-11,17H,2-3,12H2,1H3,(H,23,28)(H,24,29)/t17-/m0/s1. The molecule has 30 heavy (non-hydrogen) atoms. The molecule has 4 rings (SSSR count). The van der Waals surface area contributed by atoms with Crippen LogP contribution in [0.15, 0.2) is 48.5 Å². The van der Waals surface area contributed by atoms with Crippen LogP contribution < -0.4 is 10.6 Å². The summed E-state index contributed by atoms with van der Waals surface area (Å²) in [7, 11) is 0. The Morgan fingerprint density at radius 3 is 2.43 bits per heavy atom. The van der Waals surface area contributed by atoms with Crippen LogP contribution in [0.5, 0.6) is 0 Å². The van der Waals surface area contributed by atoms with Gasteiger partial charge in [0.15, 0.2) is 0 Å². The van der Waals surface area contributed by atoms with Crippen molar-refractivity contribution in [1.29, 1.82) is 0 Å². The van der Waals surface area contributed by atoms with Crippen LogP contribution in [0.1, 0.15) is 39.3 Å². The zero-order valence-corrected chi connectivity index (χ0v) is 17.8. The Kier molecular flexibility index (Phi) is 5.96. The number of hydrogen-bond acceptors (Lipinski definition) is 5. The topological polar surface area (TPSA) is 87.2 Å². The van der Waals surface area contributed by atoms with E-state index in [1.807, 2.05) is 31.2 Å². The number of halogens is 1. The van der Waals surface area contributed by atoms with Gasteiger partial charge < -0.3 is 15.5 Å². The van der Waals surface area contributed by atoms with Crippen molar-refractivity contribution < 1.29 is 9.59 Å². The molecule has 3 amide bonds. The second kappa shape index (κ2) is 8.81. The summed E-state index contributed by atoms with van der Waals surface area (Å²) in [5.74, 6) is -0.308. The van der Waals surface area contributed by atoms with E-state index < -0.39 is 0 Å². The summed E-state index contributed by atoms with van der Waals surface area (Å²) in [4.78, 5) is 27.0. The quantitative estimate of drug-likeness (QED) is 0.588. The Morgan fingerprint density at radius 1 is 1.03 bits per heavy atom. The van der Waals surface area contributed by atoms with E-state index in [-0.39, 0.29) is 23.0 Å². The molecule has 0 unspecified atom stereocenters. The molecule has 3 aromatic rings. The second-order valence-corrected chi connectivity index (χ2v) is 8.50. The minimum atomic E-state index is -0.308. The molecule has 0 spiro atoms. The molecule has 0 saturated carbocycles. The molecule has 0 radical (unpaired) electrons. The van der Waals surface area contributed by atoms with Crippen LogP contribution in [-0.4, -0.2) is 33.6 Å². The first-order chi connectivity index (χ1) is 14.5. The highest BCUT2D eigenvalue weighted by molar-refractivity contribution is 7.13. The number of rotatable bonds is 4. The summed E-state index contributed by atoms with van der Waals surface area (Å²) >= 11 is 7.11. The maximum absolute atomic E-state index is 12.8. The van der Waals surface area contributed by atoms with Crippen LogP contribution in [-0.2, 0) is 0 Å². The van der Waals surface area contributed by atoms with Crippen LogP contribution in [0.2, 0.25) is 5.02 Å². The third-order valence-corrected chi connectivity index (χ3v) is 6.11. The Hall–Kier alpha value is -2.97. The van der Waals surface area contributed by atoms with Gasteiger partial charge in [0.25, 0.3) is 5.91 Å². The van der Waals surface area contributed by atoms with Crippen LogP contribution in [0.3, 0.4) is 0 Å². The number of amides is 3. The van der Waals surface area contributed by atoms with Gasteiger partial charge in [0.2, 0.25) is 5.01 Å². The first kappa shape index (κ1) is 20.3. The molecule has 1 aliphatic rings. The molecule has 2 N–H and O–H groups in total. The minimum absolute atomic E-state index is 0.198. The summed E-state index contributed by atoms with van der Waals surface area (Å²) in [6.07, 6.45) is 1.64. The van der Waals surface area contributed by atoms with Crippen LogP contribution in [0.4, 0.5) is 16.2 Å². The number of carbonyl (C=O) groups is 2. The molecule has 154 valence electrons. The number of aryl methyl sites for hydroxylation is 1. The molecular formula is C21H20ClN5O2S. The lowest BCUT2D eigenvalue weighted by atomic mass is 10.2. The lowest BCUT2D eigenvalue weighted by Gasteiger charge is -2.23. The van der Waals surface area contributed by atoms with Gasteiger partial charge in [0.1, 0.15) is 5.01 Å². The van der Waals surface area contributed by atoms with Crippen molar-refractivity contribution >= 4 is 46.3 Å². The first-order valence-corrected chi connectivity index (χ1v) is 10.7. The van der Waals surface area contributed by atoms with Crippen LogP contribution in [0.25, 0.3) is 0 Å². The first-order valence-electron chi connectivity index (χ1n) is 9.54. The smallest absolute Gasteiger partial charge is 0.320 e. The average Bonchev–Trinajstić information content (AvgIpc) is 3.40. The van der Waals surface area contributed by atoms with Gasteiger partial charge in [-0.3, -0.25) is 4.79 Å². The number of carbonyl (C=O) groups excluding carboxylic acids is 2. The summed E-state index contributed by atoms with van der Waals surface area (Å²) in [6, 6.07) is 14.1. The number of nitrogens with zero attached hydrogens (tertiary/aromatic N) is 3. The van der Waals surface area contributed by atoms with Crippen molar-refractivity contribution in [3.05, 3.63) is 69.1 Å². The molecule has 0 bridgehead atoms. The molecule has 9 heteroatoms. The molecule has 1 aliphatic heterocycles. The lowest BCUT2D eigenvalue weighted by molar-refractivity contribution is 0.102. The van der Waals surface area contributed by atoms with Crippen molar-refractivity contribution in [1.82, 2.24) is 15.1 Å². The van der Waals surface area contributed by atoms with E-state index >= 15 is 0 Å². The van der Waals surface area contributed by atoms with E-state index in [0.29, 0.717) is 27.9 Å². The van der Waals surface area contributed by atoms with Crippen LogP contribution in [0, 0.1) is 6.92 Å². The van der Waals surface area contributed by atoms with E-state index in [4.69, 9.17) is 11.6 Å². The molecule has 7 nitrogen and oxygen atoms in total. The molecular weight excluding hydrogens is 422 g/mol. The largest absolute Gasteiger partial charge is 0.322 e. The van der Waals surface area contributed by atoms with E-state index in [1.54, 1.807) is 29.2 Å². The average molecular weight is 442 g/mol. The highest BCUT2D eigenvalue weighted by Crippen LogP contribution is 2.34. The molecule has 1 saturated heterocycles. The number of aromatic nitrogens is 2.